The average Bonchev–Trinajstić information content (AvgIpc) is 1.99. The van der Waals surface area contributed by atoms with Gasteiger partial charge < -0.3 is 0 Å². The lowest BCUT2D eigenvalue weighted by Crippen LogP contribution is -2.20. The van der Waals surface area contributed by atoms with Gasteiger partial charge in [-0.3, -0.25) is 0 Å². The van der Waals surface area contributed by atoms with E-state index in [1.54, 1.807) is 0 Å². The molecular formula is C8H5BF6. The third-order valence-corrected chi connectivity index (χ3v) is 1.87. The summed E-state index contributed by atoms with van der Waals surface area (Å²) in [4.78, 5) is 0. The molecule has 1 aliphatic carbocycles. The van der Waals surface area contributed by atoms with Crippen molar-refractivity contribution in [2.24, 2.45) is 0 Å². The molecule has 0 spiro atoms. The minimum Gasteiger partial charge on any atom is -0.166 e. The topological polar surface area (TPSA) is 0 Å². The SMILES string of the molecule is [B]C1C=C(C(F)(F)F)C=C(C(F)(F)F)C1. The second-order valence-corrected chi connectivity index (χ2v) is 3.16. The third kappa shape index (κ3) is 3.04. The molecule has 0 saturated carbocycles. The number of halogens is 6. The Morgan fingerprint density at radius 3 is 2.00 bits per heavy atom. The minimum absolute atomic E-state index is 0.101. The normalized spacial score (nSPS) is 23.5. The number of alkyl halides is 6. The molecular weight excluding hydrogens is 221 g/mol. The van der Waals surface area contributed by atoms with Gasteiger partial charge in [0.2, 0.25) is 0 Å². The van der Waals surface area contributed by atoms with Crippen LogP contribution < -0.4 is 0 Å². The predicted molar refractivity (Wildman–Crippen MR) is 42.4 cm³/mol. The molecule has 0 aromatic rings. The summed E-state index contributed by atoms with van der Waals surface area (Å²) < 4.78 is 72.9. The molecule has 0 bridgehead atoms. The lowest BCUT2D eigenvalue weighted by atomic mass is 9.77. The lowest BCUT2D eigenvalue weighted by molar-refractivity contribution is -0.0986. The van der Waals surface area contributed by atoms with Gasteiger partial charge in [-0.1, -0.05) is 11.9 Å². The highest BCUT2D eigenvalue weighted by Crippen LogP contribution is 2.40. The summed E-state index contributed by atoms with van der Waals surface area (Å²) in [6, 6.07) is 0. The molecule has 0 aromatic heterocycles. The van der Waals surface area contributed by atoms with Gasteiger partial charge in [0, 0.05) is 5.57 Å². The van der Waals surface area contributed by atoms with E-state index in [1.165, 1.54) is 0 Å². The molecule has 1 atom stereocenters. The fourth-order valence-electron chi connectivity index (χ4n) is 1.21. The standard InChI is InChI=1S/C8H5BF6/c9-6-2-4(7(10,11)12)1-5(3-6)8(13,14)15/h1-2,6H,3H2. The molecule has 1 aliphatic rings. The van der Waals surface area contributed by atoms with Gasteiger partial charge in [-0.05, 0) is 12.5 Å². The zero-order valence-electron chi connectivity index (χ0n) is 7.28. The molecule has 1 unspecified atom stereocenters. The van der Waals surface area contributed by atoms with Crippen molar-refractivity contribution in [1.82, 2.24) is 0 Å². The Hall–Kier alpha value is -0.875. The Bertz CT molecular complexity index is 308. The summed E-state index contributed by atoms with van der Waals surface area (Å²) in [6.45, 7) is 0. The minimum atomic E-state index is -4.80. The first kappa shape index (κ1) is 12.2. The van der Waals surface area contributed by atoms with Crippen LogP contribution >= 0.6 is 0 Å². The van der Waals surface area contributed by atoms with Gasteiger partial charge in [-0.25, -0.2) is 0 Å². The van der Waals surface area contributed by atoms with Gasteiger partial charge in [0.15, 0.2) is 0 Å². The molecule has 0 heterocycles. The van der Waals surface area contributed by atoms with Crippen LogP contribution in [0, 0.1) is 0 Å². The van der Waals surface area contributed by atoms with E-state index in [0.717, 1.165) is 0 Å². The second kappa shape index (κ2) is 3.61. The Balaban J connectivity index is 3.06. The van der Waals surface area contributed by atoms with Crippen LogP contribution in [0.4, 0.5) is 26.3 Å². The third-order valence-electron chi connectivity index (χ3n) is 1.87. The van der Waals surface area contributed by atoms with Crippen molar-refractivity contribution >= 4 is 7.85 Å². The summed E-state index contributed by atoms with van der Waals surface area (Å²) in [5.41, 5.74) is -2.58. The highest BCUT2D eigenvalue weighted by Gasteiger charge is 2.40. The first-order chi connectivity index (χ1) is 6.60. The van der Waals surface area contributed by atoms with E-state index in [1.807, 2.05) is 0 Å². The molecule has 0 aliphatic heterocycles. The molecule has 0 saturated heterocycles. The quantitative estimate of drug-likeness (QED) is 0.439. The van der Waals surface area contributed by atoms with E-state index in [4.69, 9.17) is 7.85 Å². The molecule has 0 N–H and O–H groups in total. The predicted octanol–water partition coefficient (Wildman–Crippen LogP) is 3.32. The highest BCUT2D eigenvalue weighted by atomic mass is 19.4. The molecule has 2 radical (unpaired) electrons. The van der Waals surface area contributed by atoms with Gasteiger partial charge in [0.25, 0.3) is 0 Å². The maximum absolute atomic E-state index is 12.2. The van der Waals surface area contributed by atoms with Gasteiger partial charge in [-0.2, -0.15) is 26.3 Å². The molecule has 7 heteroatoms. The first-order valence-electron chi connectivity index (χ1n) is 3.93. The molecule has 0 nitrogen and oxygen atoms in total. The van der Waals surface area contributed by atoms with Crippen LogP contribution in [0.3, 0.4) is 0 Å². The summed E-state index contributed by atoms with van der Waals surface area (Å²) >= 11 is 0. The fraction of sp³-hybridized carbons (Fsp3) is 0.500. The van der Waals surface area contributed by atoms with Crippen molar-refractivity contribution in [3.63, 3.8) is 0 Å². The van der Waals surface area contributed by atoms with Crippen molar-refractivity contribution in [3.05, 3.63) is 23.3 Å². The monoisotopic (exact) mass is 226 g/mol. The second-order valence-electron chi connectivity index (χ2n) is 3.16. The van der Waals surface area contributed by atoms with Crippen molar-refractivity contribution in [2.45, 2.75) is 24.6 Å². The fourth-order valence-corrected chi connectivity index (χ4v) is 1.21. The van der Waals surface area contributed by atoms with Crippen molar-refractivity contribution in [3.8, 4) is 0 Å². The number of rotatable bonds is 0. The molecule has 0 aromatic carbocycles. The first-order valence-corrected chi connectivity index (χ1v) is 3.93. The number of hydrogen-bond donors (Lipinski definition) is 0. The van der Waals surface area contributed by atoms with Gasteiger partial charge in [0.1, 0.15) is 0 Å². The van der Waals surface area contributed by atoms with Crippen molar-refractivity contribution in [1.29, 1.82) is 0 Å². The van der Waals surface area contributed by atoms with Crippen LogP contribution in [0.1, 0.15) is 6.42 Å². The van der Waals surface area contributed by atoms with Crippen LogP contribution in [0.5, 0.6) is 0 Å². The van der Waals surface area contributed by atoms with Crippen LogP contribution in [-0.4, -0.2) is 20.2 Å². The zero-order valence-corrected chi connectivity index (χ0v) is 7.28. The van der Waals surface area contributed by atoms with Crippen LogP contribution in [-0.2, 0) is 0 Å². The van der Waals surface area contributed by atoms with E-state index in [0.29, 0.717) is 6.08 Å². The Morgan fingerprint density at radius 2 is 1.60 bits per heavy atom. The van der Waals surface area contributed by atoms with E-state index < -0.39 is 35.7 Å². The smallest absolute Gasteiger partial charge is 0.166 e. The lowest BCUT2D eigenvalue weighted by Gasteiger charge is -2.22. The molecule has 15 heavy (non-hydrogen) atoms. The highest BCUT2D eigenvalue weighted by molar-refractivity contribution is 6.13. The van der Waals surface area contributed by atoms with Crippen molar-refractivity contribution in [2.75, 3.05) is 0 Å². The average molecular weight is 226 g/mol. The maximum atomic E-state index is 12.2. The molecule has 82 valence electrons. The molecule has 1 rings (SSSR count). The number of allylic oxidation sites excluding steroid dienone is 4. The van der Waals surface area contributed by atoms with Gasteiger partial charge in [0.05, 0.1) is 13.4 Å². The van der Waals surface area contributed by atoms with E-state index in [2.05, 4.69) is 0 Å². The van der Waals surface area contributed by atoms with Crippen LogP contribution in [0.2, 0.25) is 5.82 Å². The largest absolute Gasteiger partial charge is 0.416 e. The summed E-state index contributed by atoms with van der Waals surface area (Å²) in [6.07, 6.45) is -9.49. The number of hydrogen-bond acceptors (Lipinski definition) is 0. The zero-order chi connectivity index (χ0) is 11.9. The van der Waals surface area contributed by atoms with Gasteiger partial charge >= 0.3 is 12.4 Å². The van der Waals surface area contributed by atoms with E-state index in [9.17, 15) is 26.3 Å². The summed E-state index contributed by atoms with van der Waals surface area (Å²) in [7, 11) is 5.09. The maximum Gasteiger partial charge on any atom is 0.416 e. The molecule has 0 amide bonds. The Labute approximate surface area is 83.1 Å². The Morgan fingerprint density at radius 1 is 1.07 bits per heavy atom. The molecule has 0 fully saturated rings. The van der Waals surface area contributed by atoms with Gasteiger partial charge in [-0.15, -0.1) is 0 Å². The van der Waals surface area contributed by atoms with E-state index in [-0.39, 0.29) is 6.08 Å². The van der Waals surface area contributed by atoms with Crippen LogP contribution in [0.15, 0.2) is 23.3 Å². The van der Waals surface area contributed by atoms with E-state index >= 15 is 0 Å². The summed E-state index contributed by atoms with van der Waals surface area (Å²) in [5, 5.41) is 0. The van der Waals surface area contributed by atoms with Crippen LogP contribution in [0.25, 0.3) is 0 Å². The summed E-state index contributed by atoms with van der Waals surface area (Å²) in [5.74, 6) is -1.25. The Kier molecular flexibility index (Phi) is 2.93. The van der Waals surface area contributed by atoms with Crippen molar-refractivity contribution < 1.29 is 26.3 Å².